The lowest BCUT2D eigenvalue weighted by Gasteiger charge is -2.28. The van der Waals surface area contributed by atoms with E-state index < -0.39 is 123 Å². The van der Waals surface area contributed by atoms with Gasteiger partial charge in [0.05, 0.1) is 13.2 Å². The first-order valence-corrected chi connectivity index (χ1v) is 19.4. The number of hydrogen-bond donors (Lipinski definition) is 8. The largest absolute Gasteiger partial charge is 0.494 e. The van der Waals surface area contributed by atoms with E-state index in [1.165, 1.54) is 0 Å². The second kappa shape index (κ2) is 14.6. The van der Waals surface area contributed by atoms with E-state index in [1.807, 2.05) is 9.97 Å². The summed E-state index contributed by atoms with van der Waals surface area (Å²) in [5, 5.41) is 41.0. The summed E-state index contributed by atoms with van der Waals surface area (Å²) in [5.74, 6) is 0. The number of aromatic amines is 2. The van der Waals surface area contributed by atoms with Crippen molar-refractivity contribution in [2.75, 3.05) is 20.0 Å². The predicted octanol–water partition coefficient (Wildman–Crippen LogP) is -3.17. The highest BCUT2D eigenvalue weighted by atomic mass is 31.3. The number of rotatable bonds is 12. The van der Waals surface area contributed by atoms with Crippen LogP contribution in [-0.4, -0.2) is 106 Å². The lowest BCUT2D eigenvalue weighted by Crippen LogP contribution is -2.37. The van der Waals surface area contributed by atoms with Crippen molar-refractivity contribution < 1.29 is 89.0 Å². The average Bonchev–Trinajstić information content (AvgIpc) is 3.43. The van der Waals surface area contributed by atoms with E-state index in [9.17, 15) is 67.7 Å². The quantitative estimate of drug-likeness (QED) is 0.0981. The lowest BCUT2D eigenvalue weighted by molar-refractivity contribution is -0.0553. The van der Waals surface area contributed by atoms with E-state index in [-0.39, 0.29) is 0 Å². The molecule has 280 valence electrons. The first-order chi connectivity index (χ1) is 23.2. The van der Waals surface area contributed by atoms with Crippen LogP contribution >= 0.6 is 31.3 Å². The molecule has 3 saturated heterocycles. The van der Waals surface area contributed by atoms with Crippen molar-refractivity contribution >= 4 is 31.3 Å². The summed E-state index contributed by atoms with van der Waals surface area (Å²) in [6.07, 6.45) is -12.1. The fourth-order valence-corrected chi connectivity index (χ4v) is 10.5. The first kappa shape index (κ1) is 38.9. The van der Waals surface area contributed by atoms with Crippen molar-refractivity contribution in [1.82, 2.24) is 19.1 Å². The summed E-state index contributed by atoms with van der Waals surface area (Å²) >= 11 is 0. The average molecular weight is 802 g/mol. The number of H-pyrrole nitrogens is 2. The third-order valence-electron chi connectivity index (χ3n) is 6.76. The second-order valence-electron chi connectivity index (χ2n) is 10.2. The van der Waals surface area contributed by atoms with Crippen LogP contribution in [0.25, 0.3) is 0 Å². The van der Waals surface area contributed by atoms with Gasteiger partial charge in [0.15, 0.2) is 19.2 Å². The molecule has 2 aromatic rings. The van der Waals surface area contributed by atoms with Crippen LogP contribution in [0.2, 0.25) is 0 Å². The molecule has 0 aromatic carbocycles. The van der Waals surface area contributed by atoms with Gasteiger partial charge in [-0.05, 0) is 0 Å². The van der Waals surface area contributed by atoms with Crippen LogP contribution in [0.1, 0.15) is 12.5 Å². The van der Waals surface area contributed by atoms with E-state index in [0.29, 0.717) is 9.13 Å². The van der Waals surface area contributed by atoms with Gasteiger partial charge in [-0.25, -0.2) is 27.8 Å². The topological polar surface area (TPSA) is 382 Å². The molecular weight excluding hydrogens is 776 g/mol. The molecule has 0 aliphatic carbocycles. The summed E-state index contributed by atoms with van der Waals surface area (Å²) in [4.78, 5) is 70.5. The summed E-state index contributed by atoms with van der Waals surface area (Å²) < 4.78 is 93.8. The lowest BCUT2D eigenvalue weighted by atomic mass is 10.1. The molecule has 2 aromatic heterocycles. The normalized spacial score (nSPS) is 36.9. The molecule has 5 heterocycles. The molecule has 27 nitrogen and oxygen atoms in total. The van der Waals surface area contributed by atoms with E-state index in [4.69, 9.17) is 9.47 Å². The Labute approximate surface area is 274 Å². The molecule has 0 saturated carbocycles. The minimum absolute atomic E-state index is 0.688. The maximum atomic E-state index is 12.9. The molecule has 5 rings (SSSR count). The molecule has 0 spiro atoms. The van der Waals surface area contributed by atoms with E-state index in [1.54, 1.807) is 0 Å². The van der Waals surface area contributed by atoms with Crippen LogP contribution in [0.3, 0.4) is 0 Å². The Morgan fingerprint density at radius 1 is 0.720 bits per heavy atom. The molecule has 0 bridgehead atoms. The van der Waals surface area contributed by atoms with Gasteiger partial charge in [0.1, 0.15) is 36.6 Å². The van der Waals surface area contributed by atoms with Crippen molar-refractivity contribution in [2.45, 2.75) is 49.1 Å². The zero-order valence-corrected chi connectivity index (χ0v) is 27.9. The van der Waals surface area contributed by atoms with E-state index >= 15 is 0 Å². The predicted molar refractivity (Wildman–Crippen MR) is 152 cm³/mol. The number of nitrogens with one attached hydrogen (secondary N) is 2. The highest BCUT2D eigenvalue weighted by Crippen LogP contribution is 2.77. The third-order valence-corrected chi connectivity index (χ3v) is 13.4. The van der Waals surface area contributed by atoms with Crippen molar-refractivity contribution in [3.8, 4) is 0 Å². The molecule has 31 heteroatoms. The minimum Gasteiger partial charge on any atom is -0.387 e. The fourth-order valence-electron chi connectivity index (χ4n) is 4.48. The number of phosphoric acid groups is 4. The smallest absolute Gasteiger partial charge is 0.387 e. The summed E-state index contributed by atoms with van der Waals surface area (Å²) in [5.41, 5.74) is -3.65. The van der Waals surface area contributed by atoms with E-state index in [2.05, 4.69) is 31.0 Å². The van der Waals surface area contributed by atoms with Crippen molar-refractivity contribution in [3.63, 3.8) is 0 Å². The van der Waals surface area contributed by atoms with Gasteiger partial charge in [0.25, 0.3) is 11.1 Å². The molecule has 50 heavy (non-hydrogen) atoms. The SMILES string of the molecule is O=c1ccn([C@@H]2O[C@H](COP(=O)(O)OP3(=O)OCOP(=O)(OP(=O)(O)OC[C@H]4O[C@@H](n5ccc(=O)[nH]c5=O)[C@H](O)[C@@H]4O)O3)[C@@H](O)[C@H]2O)c(=O)[nH]1. The molecule has 0 radical (unpaired) electrons. The Hall–Kier alpha value is -2.32. The maximum absolute atomic E-state index is 12.9. The van der Waals surface area contributed by atoms with Gasteiger partial charge >= 0.3 is 42.7 Å². The Balaban J connectivity index is 1.16. The van der Waals surface area contributed by atoms with Crippen molar-refractivity contribution in [1.29, 1.82) is 0 Å². The molecule has 4 unspecified atom stereocenters. The molecule has 3 aliphatic heterocycles. The van der Waals surface area contributed by atoms with Crippen LogP contribution in [0, 0.1) is 0 Å². The molecule has 12 atom stereocenters. The van der Waals surface area contributed by atoms with Crippen LogP contribution in [0.15, 0.2) is 43.7 Å². The maximum Gasteiger partial charge on any atom is 0.494 e. The fraction of sp³-hybridized carbons (Fsp3) is 0.579. The van der Waals surface area contributed by atoms with E-state index in [0.717, 1.165) is 24.5 Å². The number of aromatic nitrogens is 4. The Morgan fingerprint density at radius 2 is 1.10 bits per heavy atom. The zero-order chi connectivity index (χ0) is 36.8. The molecule has 3 aliphatic rings. The number of phosphoric ester groups is 2. The van der Waals surface area contributed by atoms with Gasteiger partial charge in [-0.1, -0.05) is 0 Å². The van der Waals surface area contributed by atoms with Crippen LogP contribution in [0.4, 0.5) is 0 Å². The van der Waals surface area contributed by atoms with Crippen molar-refractivity contribution in [3.05, 3.63) is 66.2 Å². The van der Waals surface area contributed by atoms with Crippen LogP contribution in [-0.2, 0) is 58.8 Å². The number of ether oxygens (including phenoxy) is 2. The Bertz CT molecular complexity index is 1870. The Morgan fingerprint density at radius 3 is 1.46 bits per heavy atom. The number of aliphatic hydroxyl groups is 4. The number of aliphatic hydroxyl groups excluding tert-OH is 4. The van der Waals surface area contributed by atoms with Gasteiger partial charge in [-0.15, -0.1) is 0 Å². The monoisotopic (exact) mass is 802 g/mol. The highest BCUT2D eigenvalue weighted by Gasteiger charge is 2.54. The molecule has 0 amide bonds. The second-order valence-corrected chi connectivity index (χ2v) is 16.8. The summed E-state index contributed by atoms with van der Waals surface area (Å²) in [6.45, 7) is -3.58. The van der Waals surface area contributed by atoms with Gasteiger partial charge in [-0.3, -0.25) is 46.8 Å². The van der Waals surface area contributed by atoms with Gasteiger partial charge in [-0.2, -0.15) is 12.9 Å². The first-order valence-electron chi connectivity index (χ1n) is 13.4. The molecular formula is C19H26N4O23P4. The Kier molecular flexibility index (Phi) is 11.4. The third kappa shape index (κ3) is 8.82. The molecule has 8 N–H and O–H groups in total. The minimum atomic E-state index is -5.63. The zero-order valence-electron chi connectivity index (χ0n) is 24.4. The van der Waals surface area contributed by atoms with Crippen LogP contribution < -0.4 is 22.5 Å². The van der Waals surface area contributed by atoms with Crippen molar-refractivity contribution in [2.24, 2.45) is 0 Å². The highest BCUT2D eigenvalue weighted by molar-refractivity contribution is 7.70. The van der Waals surface area contributed by atoms with Gasteiger partial charge < -0.3 is 39.7 Å². The van der Waals surface area contributed by atoms with Crippen LogP contribution in [0.5, 0.6) is 0 Å². The molecule has 3 fully saturated rings. The summed E-state index contributed by atoms with van der Waals surface area (Å²) in [7, 11) is -22.3. The number of hydrogen-bond acceptors (Lipinski definition) is 21. The number of nitrogens with zero attached hydrogens (tertiary/aromatic N) is 2. The van der Waals surface area contributed by atoms with Gasteiger partial charge in [0, 0.05) is 24.5 Å². The summed E-state index contributed by atoms with van der Waals surface area (Å²) in [6, 6.07) is 1.80. The standard InChI is InChI=1S/C19H26N4O23P4/c24-10-1-3-22(18(30)20-10)16-14(28)12(26)8(42-16)5-38-47(32,33)44-49(36)40-7-41-50(37,46-49)45-48(34,35)39-6-9-13(27)15(29)17(43-9)23-4-2-11(25)21-19(23)31/h1-4,8-9,12-17,26-29H,5-7H2,(H,32,33)(H,34,35)(H,20,24,30)(H,21,25,31)/t8-,9-,12-,13-,14-,15-,16-,17-,49?,50?/m1/s1. The van der Waals surface area contributed by atoms with Gasteiger partial charge in [0.2, 0.25) is 0 Å².